The van der Waals surface area contributed by atoms with Gasteiger partial charge >= 0.3 is 0 Å². The zero-order valence-electron chi connectivity index (χ0n) is 10.2. The highest BCUT2D eigenvalue weighted by molar-refractivity contribution is 5.24. The summed E-state index contributed by atoms with van der Waals surface area (Å²) in [4.78, 5) is 2.27. The third-order valence-corrected chi connectivity index (χ3v) is 2.87. The van der Waals surface area contributed by atoms with Gasteiger partial charge in [0.15, 0.2) is 0 Å². The Bertz CT molecular complexity index is 290. The summed E-state index contributed by atoms with van der Waals surface area (Å²) < 4.78 is 0. The molecule has 0 radical (unpaired) electrons. The molecule has 0 saturated heterocycles. The summed E-state index contributed by atoms with van der Waals surface area (Å²) in [5, 5.41) is 0. The second-order valence-corrected chi connectivity index (χ2v) is 4.55. The molecule has 0 aliphatic rings. The van der Waals surface area contributed by atoms with Gasteiger partial charge < -0.3 is 10.6 Å². The average molecular weight is 206 g/mol. The lowest BCUT2D eigenvalue weighted by Gasteiger charge is -2.25. The van der Waals surface area contributed by atoms with Crippen molar-refractivity contribution in [1.29, 1.82) is 0 Å². The molecule has 2 nitrogen and oxygen atoms in total. The van der Waals surface area contributed by atoms with Crippen molar-refractivity contribution >= 4 is 0 Å². The number of likely N-dealkylation sites (N-methyl/N-ethyl adjacent to an activating group) is 1. The first-order valence-corrected chi connectivity index (χ1v) is 5.53. The van der Waals surface area contributed by atoms with Crippen LogP contribution in [0.15, 0.2) is 24.3 Å². The number of nitrogens with two attached hydrogens (primary N) is 1. The van der Waals surface area contributed by atoms with Gasteiger partial charge in [0.1, 0.15) is 0 Å². The van der Waals surface area contributed by atoms with Gasteiger partial charge in [-0.1, -0.05) is 29.8 Å². The lowest BCUT2D eigenvalue weighted by atomic mass is 10.1. The number of nitrogens with zero attached hydrogens (tertiary/aromatic N) is 1. The van der Waals surface area contributed by atoms with Gasteiger partial charge in [0, 0.05) is 18.6 Å². The molecular weight excluding hydrogens is 184 g/mol. The van der Waals surface area contributed by atoms with Gasteiger partial charge in [-0.05, 0) is 33.4 Å². The van der Waals surface area contributed by atoms with E-state index < -0.39 is 0 Å². The number of benzene rings is 1. The van der Waals surface area contributed by atoms with E-state index in [1.54, 1.807) is 0 Å². The van der Waals surface area contributed by atoms with Crippen molar-refractivity contribution in [2.75, 3.05) is 13.6 Å². The van der Waals surface area contributed by atoms with E-state index in [4.69, 9.17) is 5.73 Å². The van der Waals surface area contributed by atoms with Gasteiger partial charge in [0.05, 0.1) is 0 Å². The molecule has 0 heterocycles. The largest absolute Gasteiger partial charge is 0.323 e. The summed E-state index contributed by atoms with van der Waals surface area (Å²) in [5.41, 5.74) is 8.64. The van der Waals surface area contributed by atoms with Gasteiger partial charge in [-0.3, -0.25) is 0 Å². The van der Waals surface area contributed by atoms with Crippen LogP contribution in [0.3, 0.4) is 0 Å². The van der Waals surface area contributed by atoms with E-state index in [1.807, 2.05) is 0 Å². The summed E-state index contributed by atoms with van der Waals surface area (Å²) in [6.07, 6.45) is 0. The lowest BCUT2D eigenvalue weighted by Crippen LogP contribution is -2.33. The first kappa shape index (κ1) is 12.2. The molecule has 84 valence electrons. The van der Waals surface area contributed by atoms with Crippen LogP contribution in [0.5, 0.6) is 0 Å². The lowest BCUT2D eigenvalue weighted by molar-refractivity contribution is 0.257. The first-order valence-electron chi connectivity index (χ1n) is 5.53. The number of aryl methyl sites for hydroxylation is 1. The Morgan fingerprint density at radius 3 is 2.20 bits per heavy atom. The summed E-state index contributed by atoms with van der Waals surface area (Å²) in [6, 6.07) is 9.12. The fourth-order valence-corrected chi connectivity index (χ4v) is 1.44. The first-order chi connectivity index (χ1) is 7.00. The van der Waals surface area contributed by atoms with Crippen LogP contribution in [-0.2, 0) is 0 Å². The number of hydrogen-bond donors (Lipinski definition) is 1. The van der Waals surface area contributed by atoms with Crippen molar-refractivity contribution in [1.82, 2.24) is 4.90 Å². The fourth-order valence-electron chi connectivity index (χ4n) is 1.44. The third-order valence-electron chi connectivity index (χ3n) is 2.87. The van der Waals surface area contributed by atoms with Gasteiger partial charge in [-0.25, -0.2) is 0 Å². The Hall–Kier alpha value is -0.860. The van der Waals surface area contributed by atoms with Crippen LogP contribution in [0.2, 0.25) is 0 Å². The van der Waals surface area contributed by atoms with Crippen LogP contribution in [0, 0.1) is 6.92 Å². The Balaban J connectivity index is 2.61. The van der Waals surface area contributed by atoms with Gasteiger partial charge in [-0.15, -0.1) is 0 Å². The molecule has 0 amide bonds. The molecule has 0 aliphatic heterocycles. The zero-order chi connectivity index (χ0) is 11.4. The molecule has 1 unspecified atom stereocenters. The zero-order valence-corrected chi connectivity index (χ0v) is 10.2. The molecule has 1 aromatic rings. The molecule has 2 heteroatoms. The van der Waals surface area contributed by atoms with Crippen LogP contribution in [0.4, 0.5) is 0 Å². The Morgan fingerprint density at radius 2 is 1.73 bits per heavy atom. The molecule has 0 fully saturated rings. The number of hydrogen-bond acceptors (Lipinski definition) is 2. The van der Waals surface area contributed by atoms with Gasteiger partial charge in [0.25, 0.3) is 0 Å². The van der Waals surface area contributed by atoms with Crippen molar-refractivity contribution in [2.45, 2.75) is 32.9 Å². The van der Waals surface area contributed by atoms with Crippen molar-refractivity contribution in [2.24, 2.45) is 5.73 Å². The standard InChI is InChI=1S/C13H22N2/c1-10(2)15(4)9-13(14)12-7-5-11(3)6-8-12/h5-8,10,13H,9,14H2,1-4H3. The second-order valence-electron chi connectivity index (χ2n) is 4.55. The molecule has 1 aromatic carbocycles. The highest BCUT2D eigenvalue weighted by Crippen LogP contribution is 2.13. The molecule has 0 aromatic heterocycles. The van der Waals surface area contributed by atoms with Crippen molar-refractivity contribution in [3.8, 4) is 0 Å². The van der Waals surface area contributed by atoms with Gasteiger partial charge in [-0.2, -0.15) is 0 Å². The third kappa shape index (κ3) is 3.65. The normalized spacial score (nSPS) is 13.5. The van der Waals surface area contributed by atoms with Crippen molar-refractivity contribution in [3.05, 3.63) is 35.4 Å². The van der Waals surface area contributed by atoms with E-state index in [-0.39, 0.29) is 6.04 Å². The van der Waals surface area contributed by atoms with Crippen molar-refractivity contribution in [3.63, 3.8) is 0 Å². The molecule has 0 aliphatic carbocycles. The highest BCUT2D eigenvalue weighted by atomic mass is 15.1. The van der Waals surface area contributed by atoms with E-state index in [0.717, 1.165) is 6.54 Å². The van der Waals surface area contributed by atoms with Crippen LogP contribution < -0.4 is 5.73 Å². The summed E-state index contributed by atoms with van der Waals surface area (Å²) in [7, 11) is 2.11. The minimum atomic E-state index is 0.109. The van der Waals surface area contributed by atoms with E-state index in [1.165, 1.54) is 11.1 Å². The maximum atomic E-state index is 6.14. The maximum absolute atomic E-state index is 6.14. The quantitative estimate of drug-likeness (QED) is 0.819. The molecular formula is C13H22N2. The Kier molecular flexibility index (Phi) is 4.30. The molecule has 0 saturated carbocycles. The van der Waals surface area contributed by atoms with E-state index >= 15 is 0 Å². The fraction of sp³-hybridized carbons (Fsp3) is 0.538. The predicted molar refractivity (Wildman–Crippen MR) is 65.9 cm³/mol. The average Bonchev–Trinajstić information content (AvgIpc) is 2.18. The van der Waals surface area contributed by atoms with E-state index in [9.17, 15) is 0 Å². The van der Waals surface area contributed by atoms with Crippen LogP contribution in [-0.4, -0.2) is 24.5 Å². The van der Waals surface area contributed by atoms with Crippen LogP contribution in [0.25, 0.3) is 0 Å². The van der Waals surface area contributed by atoms with Crippen molar-refractivity contribution < 1.29 is 0 Å². The van der Waals surface area contributed by atoms with Crippen LogP contribution in [0.1, 0.15) is 31.0 Å². The second kappa shape index (κ2) is 5.29. The maximum Gasteiger partial charge on any atom is 0.0424 e. The molecule has 1 atom stereocenters. The van der Waals surface area contributed by atoms with Crippen LogP contribution >= 0.6 is 0 Å². The SMILES string of the molecule is Cc1ccc(C(N)CN(C)C(C)C)cc1. The topological polar surface area (TPSA) is 29.3 Å². The molecule has 2 N–H and O–H groups in total. The highest BCUT2D eigenvalue weighted by Gasteiger charge is 2.10. The minimum absolute atomic E-state index is 0.109. The summed E-state index contributed by atoms with van der Waals surface area (Å²) in [5.74, 6) is 0. The monoisotopic (exact) mass is 206 g/mol. The minimum Gasteiger partial charge on any atom is -0.323 e. The number of rotatable bonds is 4. The molecule has 0 bridgehead atoms. The smallest absolute Gasteiger partial charge is 0.0424 e. The van der Waals surface area contributed by atoms with E-state index in [2.05, 4.69) is 57.0 Å². The predicted octanol–water partition coefficient (Wildman–Crippen LogP) is 2.34. The molecule has 1 rings (SSSR count). The Morgan fingerprint density at radius 1 is 1.20 bits per heavy atom. The summed E-state index contributed by atoms with van der Waals surface area (Å²) in [6.45, 7) is 7.36. The van der Waals surface area contributed by atoms with Gasteiger partial charge in [0.2, 0.25) is 0 Å². The molecule has 0 spiro atoms. The van der Waals surface area contributed by atoms with E-state index in [0.29, 0.717) is 6.04 Å². The Labute approximate surface area is 93.1 Å². The molecule has 15 heavy (non-hydrogen) atoms. The summed E-state index contributed by atoms with van der Waals surface area (Å²) >= 11 is 0.